The molecule has 0 bridgehead atoms. The molecule has 0 aliphatic rings. The van der Waals surface area contributed by atoms with Gasteiger partial charge < -0.3 is 19.9 Å². The summed E-state index contributed by atoms with van der Waals surface area (Å²) in [7, 11) is 1.77. The molecule has 1 aromatic carbocycles. The first-order chi connectivity index (χ1) is 12.6. The molecule has 0 amide bonds. The van der Waals surface area contributed by atoms with Gasteiger partial charge in [0, 0.05) is 38.7 Å². The average molecular weight is 358 g/mol. The molecule has 1 aromatic heterocycles. The molecule has 0 atom stereocenters. The highest BCUT2D eigenvalue weighted by Gasteiger charge is 2.06. The molecule has 0 fully saturated rings. The highest BCUT2D eigenvalue weighted by Crippen LogP contribution is 2.18. The van der Waals surface area contributed by atoms with Crippen LogP contribution in [-0.4, -0.2) is 40.9 Å². The average Bonchev–Trinajstić information content (AvgIpc) is 3.10. The minimum atomic E-state index is 0.496. The van der Waals surface area contributed by atoms with Crippen molar-refractivity contribution in [3.8, 4) is 5.75 Å². The van der Waals surface area contributed by atoms with Crippen LogP contribution in [0.5, 0.6) is 5.75 Å². The van der Waals surface area contributed by atoms with Crippen molar-refractivity contribution in [1.29, 1.82) is 0 Å². The molecule has 1 heterocycles. The van der Waals surface area contributed by atoms with Crippen molar-refractivity contribution < 1.29 is 4.74 Å². The number of hydrogen-bond acceptors (Lipinski definition) is 4. The molecule has 0 unspecified atom stereocenters. The molecule has 7 nitrogen and oxygen atoms in total. The zero-order valence-electron chi connectivity index (χ0n) is 16.2. The van der Waals surface area contributed by atoms with Crippen molar-refractivity contribution in [3.63, 3.8) is 0 Å². The van der Waals surface area contributed by atoms with Gasteiger partial charge in [-0.25, -0.2) is 0 Å². The van der Waals surface area contributed by atoms with Gasteiger partial charge in [0.15, 0.2) is 5.96 Å². The van der Waals surface area contributed by atoms with E-state index in [4.69, 9.17) is 4.74 Å². The highest BCUT2D eigenvalue weighted by atomic mass is 16.5. The van der Waals surface area contributed by atoms with E-state index in [1.165, 1.54) is 0 Å². The summed E-state index contributed by atoms with van der Waals surface area (Å²) in [5, 5.41) is 14.7. The molecule has 26 heavy (non-hydrogen) atoms. The lowest BCUT2D eigenvalue weighted by molar-refractivity contribution is 0.268. The lowest BCUT2D eigenvalue weighted by atomic mass is 10.2. The van der Waals surface area contributed by atoms with E-state index in [-0.39, 0.29) is 0 Å². The maximum absolute atomic E-state index is 5.90. The molecular weight excluding hydrogens is 328 g/mol. The number of benzene rings is 1. The second-order valence-electron chi connectivity index (χ2n) is 6.46. The van der Waals surface area contributed by atoms with Gasteiger partial charge in [-0.2, -0.15) is 0 Å². The second kappa shape index (κ2) is 10.4. The lowest BCUT2D eigenvalue weighted by Crippen LogP contribution is -2.38. The molecule has 0 radical (unpaired) electrons. The first-order valence-electron chi connectivity index (χ1n) is 9.16. The largest absolute Gasteiger partial charge is 0.493 e. The number of aromatic nitrogens is 3. The molecule has 142 valence electrons. The van der Waals surface area contributed by atoms with Gasteiger partial charge in [-0.3, -0.25) is 4.99 Å². The van der Waals surface area contributed by atoms with Crippen LogP contribution < -0.4 is 15.4 Å². The summed E-state index contributed by atoms with van der Waals surface area (Å²) < 4.78 is 7.95. The summed E-state index contributed by atoms with van der Waals surface area (Å²) in [5.41, 5.74) is 1.11. The zero-order chi connectivity index (χ0) is 18.8. The van der Waals surface area contributed by atoms with Crippen molar-refractivity contribution in [3.05, 3.63) is 42.0 Å². The number of hydrogen-bond donors (Lipinski definition) is 2. The number of rotatable bonds is 9. The predicted octanol–water partition coefficient (Wildman–Crippen LogP) is 2.24. The molecule has 0 spiro atoms. The van der Waals surface area contributed by atoms with Crippen LogP contribution in [0.2, 0.25) is 0 Å². The van der Waals surface area contributed by atoms with Crippen molar-refractivity contribution >= 4 is 5.96 Å². The van der Waals surface area contributed by atoms with Crippen LogP contribution in [0, 0.1) is 5.92 Å². The standard InChI is InChI=1S/C19H30N6O/c1-5-18-24-23-14-25(18)11-10-21-19(20-4)22-12-16-8-6-7-9-17(16)26-13-15(2)3/h6-9,14-15H,5,10-13H2,1-4H3,(H2,20,21,22). The summed E-state index contributed by atoms with van der Waals surface area (Å²) in [4.78, 5) is 4.28. The maximum atomic E-state index is 5.90. The Bertz CT molecular complexity index is 695. The molecular formula is C19H30N6O. The van der Waals surface area contributed by atoms with Gasteiger partial charge in [0.2, 0.25) is 0 Å². The number of guanidine groups is 1. The summed E-state index contributed by atoms with van der Waals surface area (Å²) in [6.07, 6.45) is 2.64. The van der Waals surface area contributed by atoms with Crippen LogP contribution in [0.1, 0.15) is 32.2 Å². The van der Waals surface area contributed by atoms with E-state index < -0.39 is 0 Å². The Hall–Kier alpha value is -2.57. The van der Waals surface area contributed by atoms with Gasteiger partial charge in [-0.05, 0) is 12.0 Å². The van der Waals surface area contributed by atoms with Gasteiger partial charge in [0.1, 0.15) is 17.9 Å². The van der Waals surface area contributed by atoms with E-state index in [2.05, 4.69) is 57.2 Å². The zero-order valence-corrected chi connectivity index (χ0v) is 16.2. The third-order valence-electron chi connectivity index (χ3n) is 3.87. The van der Waals surface area contributed by atoms with Crippen LogP contribution in [0.25, 0.3) is 0 Å². The van der Waals surface area contributed by atoms with Gasteiger partial charge in [0.05, 0.1) is 6.61 Å². The van der Waals surface area contributed by atoms with Gasteiger partial charge in [0.25, 0.3) is 0 Å². The molecule has 0 aliphatic carbocycles. The van der Waals surface area contributed by atoms with Crippen LogP contribution in [0.15, 0.2) is 35.6 Å². The number of aryl methyl sites for hydroxylation is 1. The van der Waals surface area contributed by atoms with Crippen LogP contribution in [0.3, 0.4) is 0 Å². The van der Waals surface area contributed by atoms with E-state index in [1.54, 1.807) is 13.4 Å². The molecule has 0 saturated heterocycles. The van der Waals surface area contributed by atoms with Crippen LogP contribution in [-0.2, 0) is 19.5 Å². The Balaban J connectivity index is 1.83. The Labute approximate surface area is 155 Å². The Morgan fingerprint density at radius 3 is 2.81 bits per heavy atom. The molecule has 2 N–H and O–H groups in total. The SMILES string of the molecule is CCc1nncn1CCNC(=NC)NCc1ccccc1OCC(C)C. The minimum Gasteiger partial charge on any atom is -0.493 e. The fourth-order valence-electron chi connectivity index (χ4n) is 2.48. The van der Waals surface area contributed by atoms with Gasteiger partial charge >= 0.3 is 0 Å². The maximum Gasteiger partial charge on any atom is 0.191 e. The van der Waals surface area contributed by atoms with E-state index in [9.17, 15) is 0 Å². The number of nitrogens with one attached hydrogen (secondary N) is 2. The van der Waals surface area contributed by atoms with E-state index in [1.807, 2.05) is 18.2 Å². The van der Waals surface area contributed by atoms with Crippen molar-refractivity contribution in [2.75, 3.05) is 20.2 Å². The quantitative estimate of drug-likeness (QED) is 0.531. The van der Waals surface area contributed by atoms with Crippen molar-refractivity contribution in [2.45, 2.75) is 40.3 Å². The van der Waals surface area contributed by atoms with Crippen LogP contribution in [0.4, 0.5) is 0 Å². The molecule has 0 aliphatic heterocycles. The molecule has 2 rings (SSSR count). The van der Waals surface area contributed by atoms with E-state index in [0.29, 0.717) is 19.1 Å². The Morgan fingerprint density at radius 1 is 1.27 bits per heavy atom. The van der Waals surface area contributed by atoms with Crippen molar-refractivity contribution in [2.24, 2.45) is 10.9 Å². The highest BCUT2D eigenvalue weighted by molar-refractivity contribution is 5.79. The first kappa shape index (κ1) is 19.8. The summed E-state index contributed by atoms with van der Waals surface area (Å²) in [5.74, 6) is 3.16. The topological polar surface area (TPSA) is 76.4 Å². The smallest absolute Gasteiger partial charge is 0.191 e. The fourth-order valence-corrected chi connectivity index (χ4v) is 2.48. The van der Waals surface area contributed by atoms with Crippen molar-refractivity contribution in [1.82, 2.24) is 25.4 Å². The molecule has 2 aromatic rings. The summed E-state index contributed by atoms with van der Waals surface area (Å²) >= 11 is 0. The normalized spacial score (nSPS) is 11.7. The third-order valence-corrected chi connectivity index (χ3v) is 3.87. The van der Waals surface area contributed by atoms with Crippen LogP contribution >= 0.6 is 0 Å². The number of nitrogens with zero attached hydrogens (tertiary/aromatic N) is 4. The van der Waals surface area contributed by atoms with Gasteiger partial charge in [-0.1, -0.05) is 39.0 Å². The number of aliphatic imine (C=N–C) groups is 1. The third kappa shape index (κ3) is 6.06. The fraction of sp³-hybridized carbons (Fsp3) is 0.526. The van der Waals surface area contributed by atoms with Gasteiger partial charge in [-0.15, -0.1) is 10.2 Å². The van der Waals surface area contributed by atoms with E-state index >= 15 is 0 Å². The lowest BCUT2D eigenvalue weighted by Gasteiger charge is -2.16. The minimum absolute atomic E-state index is 0.496. The summed E-state index contributed by atoms with van der Waals surface area (Å²) in [6.45, 7) is 9.27. The molecule has 7 heteroatoms. The monoisotopic (exact) mass is 358 g/mol. The molecule has 0 saturated carbocycles. The first-order valence-corrected chi connectivity index (χ1v) is 9.16. The second-order valence-corrected chi connectivity index (χ2v) is 6.46. The predicted molar refractivity (Wildman–Crippen MR) is 104 cm³/mol. The number of para-hydroxylation sites is 1. The van der Waals surface area contributed by atoms with E-state index in [0.717, 1.165) is 42.6 Å². The summed E-state index contributed by atoms with van der Waals surface area (Å²) in [6, 6.07) is 8.10. The number of ether oxygens (including phenoxy) is 1. The Morgan fingerprint density at radius 2 is 2.08 bits per heavy atom. The Kier molecular flexibility index (Phi) is 7.92.